The molecule has 0 heterocycles. The van der Waals surface area contributed by atoms with Gasteiger partial charge >= 0.3 is 5.97 Å². The molecule has 1 aromatic rings. The number of phenolic OH excluding ortho intramolecular Hbond substituents is 2. The number of ether oxygens (including phenoxy) is 1. The molecule has 0 fully saturated rings. The van der Waals surface area contributed by atoms with Crippen LogP contribution in [0.4, 0.5) is 0 Å². The van der Waals surface area contributed by atoms with Crippen molar-refractivity contribution in [1.29, 1.82) is 0 Å². The van der Waals surface area contributed by atoms with Crippen LogP contribution < -0.4 is 0 Å². The predicted octanol–water partition coefficient (Wildman–Crippen LogP) is 3.10. The van der Waals surface area contributed by atoms with Crippen LogP contribution in [0, 0.1) is 0 Å². The molecule has 0 bridgehead atoms. The van der Waals surface area contributed by atoms with Crippen LogP contribution in [0.2, 0.25) is 0 Å². The highest BCUT2D eigenvalue weighted by Crippen LogP contribution is 2.31. The molecule has 1 unspecified atom stereocenters. The molecule has 0 saturated heterocycles. The van der Waals surface area contributed by atoms with Gasteiger partial charge < -0.3 is 14.9 Å². The van der Waals surface area contributed by atoms with Crippen LogP contribution in [0.1, 0.15) is 37.7 Å². The molecule has 4 nitrogen and oxygen atoms in total. The highest BCUT2D eigenvalue weighted by Gasteiger charge is 2.15. The van der Waals surface area contributed by atoms with E-state index in [1.54, 1.807) is 6.07 Å². The zero-order chi connectivity index (χ0) is 14.3. The lowest BCUT2D eigenvalue weighted by Crippen LogP contribution is -2.11. The summed E-state index contributed by atoms with van der Waals surface area (Å²) in [5.74, 6) is -0.755. The number of phenols is 2. The molecule has 2 N–H and O–H groups in total. The molecule has 4 heteroatoms. The maximum atomic E-state index is 11.1. The third-order valence-corrected chi connectivity index (χ3v) is 2.97. The quantitative estimate of drug-likeness (QED) is 0.451. The van der Waals surface area contributed by atoms with Gasteiger partial charge in [-0.25, -0.2) is 4.79 Å². The number of hydrogen-bond acceptors (Lipinski definition) is 4. The van der Waals surface area contributed by atoms with E-state index in [-0.39, 0.29) is 24.0 Å². The molecular formula is C15H20O4. The number of unbranched alkanes of at least 4 members (excludes halogenated alkanes) is 1. The second kappa shape index (κ2) is 7.46. The van der Waals surface area contributed by atoms with Gasteiger partial charge in [-0.1, -0.05) is 32.4 Å². The number of esters is 1. The van der Waals surface area contributed by atoms with Gasteiger partial charge in [0.1, 0.15) is 0 Å². The summed E-state index contributed by atoms with van der Waals surface area (Å²) in [7, 11) is 0. The van der Waals surface area contributed by atoms with Gasteiger partial charge in [-0.15, -0.1) is 0 Å². The van der Waals surface area contributed by atoms with Gasteiger partial charge in [0, 0.05) is 12.0 Å². The van der Waals surface area contributed by atoms with Crippen LogP contribution in [-0.4, -0.2) is 22.8 Å². The van der Waals surface area contributed by atoms with E-state index in [0.717, 1.165) is 30.9 Å². The summed E-state index contributed by atoms with van der Waals surface area (Å²) in [6.07, 6.45) is 4.02. The summed E-state index contributed by atoms with van der Waals surface area (Å²) < 4.78 is 5.07. The van der Waals surface area contributed by atoms with Gasteiger partial charge in [0.2, 0.25) is 0 Å². The monoisotopic (exact) mass is 264 g/mol. The standard InChI is InChI=1S/C15H20O4/c1-3-5-6-12(10-19-15(18)4-2)11-7-8-13(16)14(17)9-11/h4,7-9,12,16-17H,2-3,5-6,10H2,1H3. The highest BCUT2D eigenvalue weighted by atomic mass is 16.5. The first kappa shape index (κ1) is 15.1. The van der Waals surface area contributed by atoms with Crippen LogP contribution in [0.25, 0.3) is 0 Å². The van der Waals surface area contributed by atoms with Crippen molar-refractivity contribution in [2.24, 2.45) is 0 Å². The highest BCUT2D eigenvalue weighted by molar-refractivity contribution is 5.81. The molecular weight excluding hydrogens is 244 g/mol. The first-order chi connectivity index (χ1) is 9.08. The Kier molecular flexibility index (Phi) is 5.93. The van der Waals surface area contributed by atoms with Gasteiger partial charge in [-0.2, -0.15) is 0 Å². The molecule has 0 spiro atoms. The molecule has 0 amide bonds. The van der Waals surface area contributed by atoms with E-state index in [1.165, 1.54) is 12.1 Å². The minimum atomic E-state index is -0.454. The second-order valence-electron chi connectivity index (χ2n) is 4.42. The van der Waals surface area contributed by atoms with Gasteiger partial charge in [-0.3, -0.25) is 0 Å². The molecule has 19 heavy (non-hydrogen) atoms. The van der Waals surface area contributed by atoms with Crippen molar-refractivity contribution in [2.75, 3.05) is 6.61 Å². The van der Waals surface area contributed by atoms with Crippen LogP contribution in [0.5, 0.6) is 11.5 Å². The number of rotatable bonds is 7. The van der Waals surface area contributed by atoms with Crippen molar-refractivity contribution < 1.29 is 19.7 Å². The minimum absolute atomic E-state index is 0.00958. The van der Waals surface area contributed by atoms with Crippen molar-refractivity contribution in [1.82, 2.24) is 0 Å². The number of hydrogen-bond donors (Lipinski definition) is 2. The number of aromatic hydroxyl groups is 2. The first-order valence-corrected chi connectivity index (χ1v) is 6.39. The number of carbonyl (C=O) groups is 1. The zero-order valence-electron chi connectivity index (χ0n) is 11.1. The van der Waals surface area contributed by atoms with Gasteiger partial charge in [0.05, 0.1) is 6.61 Å². The molecule has 104 valence electrons. The van der Waals surface area contributed by atoms with Crippen molar-refractivity contribution >= 4 is 5.97 Å². The van der Waals surface area contributed by atoms with Crippen molar-refractivity contribution in [2.45, 2.75) is 32.1 Å². The Hall–Kier alpha value is -1.97. The fourth-order valence-electron chi connectivity index (χ4n) is 1.83. The molecule has 1 rings (SSSR count). The summed E-state index contributed by atoms with van der Waals surface area (Å²) in [5, 5.41) is 18.8. The summed E-state index contributed by atoms with van der Waals surface area (Å²) in [4.78, 5) is 11.1. The molecule has 0 aliphatic heterocycles. The maximum absolute atomic E-state index is 11.1. The van der Waals surface area contributed by atoms with E-state index < -0.39 is 5.97 Å². The Bertz CT molecular complexity index is 440. The molecule has 0 radical (unpaired) electrons. The van der Waals surface area contributed by atoms with Crippen LogP contribution in [-0.2, 0) is 9.53 Å². The summed E-state index contributed by atoms with van der Waals surface area (Å²) in [6, 6.07) is 4.69. The first-order valence-electron chi connectivity index (χ1n) is 6.39. The van der Waals surface area contributed by atoms with Gasteiger partial charge in [0.25, 0.3) is 0 Å². The van der Waals surface area contributed by atoms with E-state index in [0.29, 0.717) is 0 Å². The predicted molar refractivity (Wildman–Crippen MR) is 73.2 cm³/mol. The molecule has 0 saturated carbocycles. The third-order valence-electron chi connectivity index (χ3n) is 2.97. The Morgan fingerprint density at radius 1 is 1.42 bits per heavy atom. The van der Waals surface area contributed by atoms with Crippen LogP contribution >= 0.6 is 0 Å². The largest absolute Gasteiger partial charge is 0.504 e. The Morgan fingerprint density at radius 3 is 2.74 bits per heavy atom. The van der Waals surface area contributed by atoms with Gasteiger partial charge in [0.15, 0.2) is 11.5 Å². The molecule has 0 aliphatic carbocycles. The Labute approximate surface area is 113 Å². The van der Waals surface area contributed by atoms with Gasteiger partial charge in [-0.05, 0) is 24.1 Å². The summed E-state index contributed by atoms with van der Waals surface area (Å²) in [6.45, 7) is 5.68. The van der Waals surface area contributed by atoms with E-state index in [2.05, 4.69) is 13.5 Å². The van der Waals surface area contributed by atoms with Crippen molar-refractivity contribution in [3.63, 3.8) is 0 Å². The summed E-state index contributed by atoms with van der Waals surface area (Å²) in [5.41, 5.74) is 0.848. The van der Waals surface area contributed by atoms with E-state index in [9.17, 15) is 15.0 Å². The Balaban J connectivity index is 2.79. The fourth-order valence-corrected chi connectivity index (χ4v) is 1.83. The Morgan fingerprint density at radius 2 is 2.16 bits per heavy atom. The third kappa shape index (κ3) is 4.66. The van der Waals surface area contributed by atoms with E-state index in [4.69, 9.17) is 4.74 Å². The van der Waals surface area contributed by atoms with Crippen LogP contribution in [0.3, 0.4) is 0 Å². The van der Waals surface area contributed by atoms with Crippen molar-refractivity contribution in [3.05, 3.63) is 36.4 Å². The van der Waals surface area contributed by atoms with E-state index in [1.807, 2.05) is 0 Å². The average molecular weight is 264 g/mol. The molecule has 0 aliphatic rings. The maximum Gasteiger partial charge on any atom is 0.330 e. The zero-order valence-corrected chi connectivity index (χ0v) is 11.1. The lowest BCUT2D eigenvalue weighted by molar-refractivity contribution is -0.138. The fraction of sp³-hybridized carbons (Fsp3) is 0.400. The smallest absolute Gasteiger partial charge is 0.330 e. The lowest BCUT2D eigenvalue weighted by Gasteiger charge is -2.17. The lowest BCUT2D eigenvalue weighted by atomic mass is 9.94. The SMILES string of the molecule is C=CC(=O)OCC(CCCC)c1ccc(O)c(O)c1. The van der Waals surface area contributed by atoms with Crippen molar-refractivity contribution in [3.8, 4) is 11.5 Å². The van der Waals surface area contributed by atoms with Crippen LogP contribution in [0.15, 0.2) is 30.9 Å². The topological polar surface area (TPSA) is 66.8 Å². The summed E-state index contributed by atoms with van der Waals surface area (Å²) >= 11 is 0. The molecule has 1 atom stereocenters. The molecule has 0 aromatic heterocycles. The molecule has 1 aromatic carbocycles. The number of benzene rings is 1. The number of carbonyl (C=O) groups excluding carboxylic acids is 1. The van der Waals surface area contributed by atoms with E-state index >= 15 is 0 Å². The average Bonchev–Trinajstić information content (AvgIpc) is 2.42. The second-order valence-corrected chi connectivity index (χ2v) is 4.42. The normalized spacial score (nSPS) is 11.8. The minimum Gasteiger partial charge on any atom is -0.504 e.